The largest absolute Gasteiger partial charge is 0.468 e. The molecule has 1 aliphatic rings. The van der Waals surface area contributed by atoms with Crippen molar-refractivity contribution in [3.63, 3.8) is 0 Å². The third kappa shape index (κ3) is 3.41. The Bertz CT molecular complexity index is 1150. The van der Waals surface area contributed by atoms with Gasteiger partial charge in [0.25, 0.3) is 0 Å². The van der Waals surface area contributed by atoms with Gasteiger partial charge in [0, 0.05) is 27.4 Å². The predicted octanol–water partition coefficient (Wildman–Crippen LogP) is 4.91. The Morgan fingerprint density at radius 1 is 1.03 bits per heavy atom. The van der Waals surface area contributed by atoms with Gasteiger partial charge in [-0.05, 0) is 29.0 Å². The normalized spacial score (nSPS) is 19.0. The fourth-order valence-corrected chi connectivity index (χ4v) is 4.41. The summed E-state index contributed by atoms with van der Waals surface area (Å²) in [5.74, 6) is -3.79. The number of ketones is 1. The molecule has 0 radical (unpaired) electrons. The standard InChI is InChI=1S/C24H19BrO5/c1-13(22(26)15-7-10-16(25)11-8-15)19-20-17-6-4-3-5-14(17)9-12-18(20)30-24(28)21(19)23(27)29-2/h3-13,19,21H,1-2H3/t13-,19-,21+/m0/s1. The van der Waals surface area contributed by atoms with Gasteiger partial charge in [-0.25, -0.2) is 0 Å². The summed E-state index contributed by atoms with van der Waals surface area (Å²) in [5.41, 5.74) is 1.19. The molecule has 0 aliphatic carbocycles. The van der Waals surface area contributed by atoms with Crippen molar-refractivity contribution in [1.82, 2.24) is 0 Å². The van der Waals surface area contributed by atoms with E-state index in [1.165, 1.54) is 7.11 Å². The lowest BCUT2D eigenvalue weighted by Crippen LogP contribution is -2.42. The van der Waals surface area contributed by atoms with E-state index < -0.39 is 29.7 Å². The second-order valence-electron chi connectivity index (χ2n) is 7.31. The molecule has 1 aliphatic heterocycles. The number of carbonyl (C=O) groups is 3. The first-order valence-corrected chi connectivity index (χ1v) is 10.3. The quantitative estimate of drug-likeness (QED) is 0.236. The number of hydrogen-bond donors (Lipinski definition) is 0. The zero-order valence-electron chi connectivity index (χ0n) is 16.4. The molecule has 0 amide bonds. The van der Waals surface area contributed by atoms with Crippen LogP contribution in [0.15, 0.2) is 65.1 Å². The van der Waals surface area contributed by atoms with Gasteiger partial charge in [0.2, 0.25) is 0 Å². The molecule has 1 heterocycles. The molecular weight excluding hydrogens is 448 g/mol. The lowest BCUT2D eigenvalue weighted by atomic mass is 9.72. The smallest absolute Gasteiger partial charge is 0.326 e. The molecule has 5 nitrogen and oxygen atoms in total. The molecule has 6 heteroatoms. The second-order valence-corrected chi connectivity index (χ2v) is 8.22. The Morgan fingerprint density at radius 3 is 2.43 bits per heavy atom. The summed E-state index contributed by atoms with van der Waals surface area (Å²) in [7, 11) is 1.23. The lowest BCUT2D eigenvalue weighted by Gasteiger charge is -2.34. The maximum Gasteiger partial charge on any atom is 0.326 e. The van der Waals surface area contributed by atoms with Crippen LogP contribution in [0.2, 0.25) is 0 Å². The first-order valence-electron chi connectivity index (χ1n) is 9.53. The van der Waals surface area contributed by atoms with Crippen LogP contribution in [-0.4, -0.2) is 24.8 Å². The number of methoxy groups -OCH3 is 1. The fraction of sp³-hybridized carbons (Fsp3) is 0.208. The number of esters is 2. The van der Waals surface area contributed by atoms with Crippen LogP contribution in [0, 0.1) is 11.8 Å². The second kappa shape index (κ2) is 8.03. The molecule has 0 spiro atoms. The Morgan fingerprint density at radius 2 is 1.73 bits per heavy atom. The van der Waals surface area contributed by atoms with Crippen LogP contribution in [0.1, 0.15) is 28.8 Å². The van der Waals surface area contributed by atoms with Crippen molar-refractivity contribution in [1.29, 1.82) is 0 Å². The van der Waals surface area contributed by atoms with Crippen LogP contribution in [0.3, 0.4) is 0 Å². The number of halogens is 1. The molecule has 0 aromatic heterocycles. The Kier molecular flexibility index (Phi) is 5.43. The van der Waals surface area contributed by atoms with Gasteiger partial charge in [-0.3, -0.25) is 14.4 Å². The van der Waals surface area contributed by atoms with Crippen molar-refractivity contribution in [3.8, 4) is 5.75 Å². The van der Waals surface area contributed by atoms with Crippen molar-refractivity contribution < 1.29 is 23.9 Å². The van der Waals surface area contributed by atoms with Crippen LogP contribution in [0.5, 0.6) is 5.75 Å². The van der Waals surface area contributed by atoms with E-state index in [2.05, 4.69) is 15.9 Å². The van der Waals surface area contributed by atoms with Crippen molar-refractivity contribution in [2.75, 3.05) is 7.11 Å². The van der Waals surface area contributed by atoms with E-state index in [0.717, 1.165) is 15.2 Å². The molecule has 0 N–H and O–H groups in total. The highest BCUT2D eigenvalue weighted by atomic mass is 79.9. The zero-order chi connectivity index (χ0) is 21.4. The predicted molar refractivity (Wildman–Crippen MR) is 115 cm³/mol. The summed E-state index contributed by atoms with van der Waals surface area (Å²) in [6.07, 6.45) is 0. The van der Waals surface area contributed by atoms with Crippen LogP contribution < -0.4 is 4.74 Å². The van der Waals surface area contributed by atoms with Crippen molar-refractivity contribution in [2.24, 2.45) is 11.8 Å². The minimum atomic E-state index is -1.22. The Balaban J connectivity index is 1.90. The molecule has 0 saturated carbocycles. The van der Waals surface area contributed by atoms with Crippen LogP contribution in [0.25, 0.3) is 10.8 Å². The van der Waals surface area contributed by atoms with E-state index >= 15 is 0 Å². The summed E-state index contributed by atoms with van der Waals surface area (Å²) >= 11 is 3.37. The van der Waals surface area contributed by atoms with Gasteiger partial charge in [-0.1, -0.05) is 65.3 Å². The monoisotopic (exact) mass is 466 g/mol. The number of Topliss-reactive ketones (excluding diaryl/α,β-unsaturated/α-hetero) is 1. The summed E-state index contributed by atoms with van der Waals surface area (Å²) in [6, 6.07) is 18.2. The molecule has 3 atom stereocenters. The maximum atomic E-state index is 13.3. The molecule has 0 saturated heterocycles. The number of rotatable bonds is 4. The molecule has 4 rings (SSSR count). The van der Waals surface area contributed by atoms with E-state index in [1.54, 1.807) is 37.3 Å². The number of hydrogen-bond acceptors (Lipinski definition) is 5. The van der Waals surface area contributed by atoms with Crippen LogP contribution >= 0.6 is 15.9 Å². The van der Waals surface area contributed by atoms with Crippen LogP contribution in [0.4, 0.5) is 0 Å². The van der Waals surface area contributed by atoms with Gasteiger partial charge >= 0.3 is 11.9 Å². The van der Waals surface area contributed by atoms with E-state index in [1.807, 2.05) is 30.3 Å². The SMILES string of the molecule is COC(=O)[C@@H]1C(=O)Oc2ccc3ccccc3c2[C@@H]1[C@H](C)C(=O)c1ccc(Br)cc1. The minimum Gasteiger partial charge on any atom is -0.468 e. The third-order valence-corrected chi connectivity index (χ3v) is 6.15. The summed E-state index contributed by atoms with van der Waals surface area (Å²) in [4.78, 5) is 38.7. The van der Waals surface area contributed by atoms with Crippen molar-refractivity contribution in [2.45, 2.75) is 12.8 Å². The molecule has 30 heavy (non-hydrogen) atoms. The summed E-state index contributed by atoms with van der Waals surface area (Å²) in [6.45, 7) is 1.75. The molecule has 0 bridgehead atoms. The van der Waals surface area contributed by atoms with Gasteiger partial charge < -0.3 is 9.47 Å². The zero-order valence-corrected chi connectivity index (χ0v) is 18.0. The van der Waals surface area contributed by atoms with E-state index in [9.17, 15) is 14.4 Å². The van der Waals surface area contributed by atoms with Gasteiger partial charge in [0.15, 0.2) is 11.7 Å². The molecule has 3 aromatic rings. The molecule has 152 valence electrons. The van der Waals surface area contributed by atoms with E-state index in [-0.39, 0.29) is 5.78 Å². The van der Waals surface area contributed by atoms with Crippen molar-refractivity contribution >= 4 is 44.4 Å². The Hall–Kier alpha value is -2.99. The number of fused-ring (bicyclic) bond motifs is 3. The van der Waals surface area contributed by atoms with Crippen LogP contribution in [-0.2, 0) is 14.3 Å². The van der Waals surface area contributed by atoms with Gasteiger partial charge in [0.05, 0.1) is 7.11 Å². The molecule has 0 fully saturated rings. The minimum absolute atomic E-state index is 0.157. The lowest BCUT2D eigenvalue weighted by molar-refractivity contribution is -0.158. The van der Waals surface area contributed by atoms with Gasteiger partial charge in [-0.2, -0.15) is 0 Å². The Labute approximate surface area is 182 Å². The summed E-state index contributed by atoms with van der Waals surface area (Å²) in [5, 5.41) is 1.78. The average molecular weight is 467 g/mol. The fourth-order valence-electron chi connectivity index (χ4n) is 4.14. The highest BCUT2D eigenvalue weighted by Crippen LogP contribution is 2.47. The number of benzene rings is 3. The molecular formula is C24H19BrO5. The maximum absolute atomic E-state index is 13.3. The van der Waals surface area contributed by atoms with Gasteiger partial charge in [-0.15, -0.1) is 0 Å². The third-order valence-electron chi connectivity index (χ3n) is 5.62. The highest BCUT2D eigenvalue weighted by molar-refractivity contribution is 9.10. The highest BCUT2D eigenvalue weighted by Gasteiger charge is 2.48. The number of ether oxygens (including phenoxy) is 2. The topological polar surface area (TPSA) is 69.7 Å². The van der Waals surface area contributed by atoms with Gasteiger partial charge in [0.1, 0.15) is 5.75 Å². The first kappa shape index (κ1) is 20.3. The van der Waals surface area contributed by atoms with E-state index in [0.29, 0.717) is 16.9 Å². The first-order chi connectivity index (χ1) is 14.4. The molecule has 3 aromatic carbocycles. The summed E-state index contributed by atoms with van der Waals surface area (Å²) < 4.78 is 11.3. The van der Waals surface area contributed by atoms with Crippen molar-refractivity contribution in [3.05, 3.63) is 76.3 Å². The average Bonchev–Trinajstić information content (AvgIpc) is 2.77. The molecule has 0 unspecified atom stereocenters. The van der Waals surface area contributed by atoms with E-state index in [4.69, 9.17) is 9.47 Å². The number of carbonyl (C=O) groups excluding carboxylic acids is 3.